The second kappa shape index (κ2) is 11.1. The predicted molar refractivity (Wildman–Crippen MR) is 66.1 cm³/mol. The summed E-state index contributed by atoms with van der Waals surface area (Å²) in [6.07, 6.45) is 11.9. The van der Waals surface area contributed by atoms with E-state index in [1.54, 1.807) is 0 Å². The molecule has 0 aromatic carbocycles. The molecule has 0 rings (SSSR count). The van der Waals surface area contributed by atoms with Gasteiger partial charge in [0.25, 0.3) is 0 Å². The van der Waals surface area contributed by atoms with E-state index in [2.05, 4.69) is 6.92 Å². The van der Waals surface area contributed by atoms with Crippen molar-refractivity contribution in [1.82, 2.24) is 0 Å². The molecule has 0 heterocycles. The van der Waals surface area contributed by atoms with Crippen molar-refractivity contribution in [2.45, 2.75) is 58.3 Å². The van der Waals surface area contributed by atoms with E-state index >= 15 is 0 Å². The van der Waals surface area contributed by atoms with Gasteiger partial charge >= 0.3 is 0 Å². The highest BCUT2D eigenvalue weighted by Gasteiger charge is 1.97. The minimum absolute atomic E-state index is 0.686. The molecule has 0 N–H and O–H groups in total. The smallest absolute Gasteiger partial charge is 0.0781 e. The molecule has 0 radical (unpaired) electrons. The Bertz CT molecular complexity index is 96.9. The Morgan fingerprint density at radius 3 is 1.69 bits per heavy atom. The second-order valence-corrected chi connectivity index (χ2v) is 7.52. The summed E-state index contributed by atoms with van der Waals surface area (Å²) in [6, 6.07) is 0. The lowest BCUT2D eigenvalue weighted by Gasteiger charge is -2.01. The number of hydrogen-bond donors (Lipinski definition) is 0. The van der Waals surface area contributed by atoms with Crippen molar-refractivity contribution in [3.63, 3.8) is 0 Å². The van der Waals surface area contributed by atoms with Crippen molar-refractivity contribution in [3.8, 4) is 0 Å². The molecule has 0 saturated carbocycles. The Morgan fingerprint density at radius 1 is 0.769 bits per heavy atom. The Morgan fingerprint density at radius 2 is 1.23 bits per heavy atom. The number of halogens is 2. The van der Waals surface area contributed by atoms with Gasteiger partial charge in [-0.2, -0.15) is 0 Å². The maximum atomic E-state index is 5.69. The molecule has 0 aromatic heterocycles. The van der Waals surface area contributed by atoms with Crippen LogP contribution in [0.15, 0.2) is 0 Å². The molecule has 0 spiro atoms. The topological polar surface area (TPSA) is 0 Å². The summed E-state index contributed by atoms with van der Waals surface area (Å²) in [5.74, 6) is 0. The molecule has 3 heteroatoms. The molecule has 0 unspecified atom stereocenters. The molecular formula is C10H21Cl2P. The van der Waals surface area contributed by atoms with E-state index in [-0.39, 0.29) is 0 Å². The van der Waals surface area contributed by atoms with Crippen LogP contribution < -0.4 is 0 Å². The fraction of sp³-hybridized carbons (Fsp3) is 1.00. The van der Waals surface area contributed by atoms with Crippen LogP contribution in [0.25, 0.3) is 0 Å². The molecule has 80 valence electrons. The molecular weight excluding hydrogens is 222 g/mol. The number of hydrogen-bond acceptors (Lipinski definition) is 0. The van der Waals surface area contributed by atoms with E-state index in [0.29, 0.717) is 0 Å². The fourth-order valence-electron chi connectivity index (χ4n) is 1.37. The second-order valence-electron chi connectivity index (χ2n) is 3.50. The molecule has 0 aromatic rings. The van der Waals surface area contributed by atoms with E-state index < -0.39 is 6.63 Å². The van der Waals surface area contributed by atoms with Gasteiger partial charge in [-0.25, -0.2) is 0 Å². The molecule has 0 saturated heterocycles. The van der Waals surface area contributed by atoms with Gasteiger partial charge in [-0.3, -0.25) is 0 Å². The van der Waals surface area contributed by atoms with Crippen molar-refractivity contribution in [1.29, 1.82) is 0 Å². The highest BCUT2D eigenvalue weighted by Crippen LogP contribution is 2.47. The Hall–Kier alpha value is 1.01. The minimum atomic E-state index is -0.686. The third-order valence-corrected chi connectivity index (χ3v) is 3.85. The highest BCUT2D eigenvalue weighted by molar-refractivity contribution is 8.03. The van der Waals surface area contributed by atoms with Gasteiger partial charge in [-0.15, -0.1) is 0 Å². The average molecular weight is 243 g/mol. The van der Waals surface area contributed by atoms with E-state index in [0.717, 1.165) is 6.16 Å². The lowest BCUT2D eigenvalue weighted by atomic mass is 10.1. The third-order valence-electron chi connectivity index (χ3n) is 2.18. The van der Waals surface area contributed by atoms with Gasteiger partial charge in [-0.05, 0) is 12.6 Å². The van der Waals surface area contributed by atoms with Crippen LogP contribution in [0.1, 0.15) is 58.3 Å². The zero-order valence-corrected chi connectivity index (χ0v) is 11.0. The van der Waals surface area contributed by atoms with Crippen LogP contribution in [0, 0.1) is 0 Å². The SMILES string of the molecule is CCCCCCCCCCP(Cl)Cl. The first kappa shape index (κ1) is 14.0. The fourth-order valence-corrected chi connectivity index (χ4v) is 2.54. The first-order valence-electron chi connectivity index (χ1n) is 5.36. The molecule has 0 aliphatic rings. The quantitative estimate of drug-likeness (QED) is 0.348. The number of unbranched alkanes of at least 4 members (excludes halogenated alkanes) is 7. The van der Waals surface area contributed by atoms with E-state index in [4.69, 9.17) is 22.5 Å². The molecule has 0 amide bonds. The van der Waals surface area contributed by atoms with Crippen LogP contribution in [0.5, 0.6) is 0 Å². The molecule has 0 bridgehead atoms. The molecule has 0 nitrogen and oxygen atoms in total. The molecule has 13 heavy (non-hydrogen) atoms. The zero-order chi connectivity index (χ0) is 9.94. The van der Waals surface area contributed by atoms with Crippen LogP contribution in [-0.4, -0.2) is 6.16 Å². The first-order valence-corrected chi connectivity index (χ1v) is 8.70. The van der Waals surface area contributed by atoms with Crippen molar-refractivity contribution < 1.29 is 0 Å². The third kappa shape index (κ3) is 13.0. The number of rotatable bonds is 9. The monoisotopic (exact) mass is 242 g/mol. The van der Waals surface area contributed by atoms with E-state index in [1.807, 2.05) is 0 Å². The predicted octanol–water partition coefficient (Wildman–Crippen LogP) is 5.92. The maximum Gasteiger partial charge on any atom is 0.0854 e. The van der Waals surface area contributed by atoms with Gasteiger partial charge in [0.2, 0.25) is 0 Å². The summed E-state index contributed by atoms with van der Waals surface area (Å²) in [4.78, 5) is 0. The van der Waals surface area contributed by atoms with E-state index in [1.165, 1.54) is 51.4 Å². The maximum absolute atomic E-state index is 5.69. The van der Waals surface area contributed by atoms with Gasteiger partial charge in [0.1, 0.15) is 0 Å². The Balaban J connectivity index is 2.84. The van der Waals surface area contributed by atoms with Crippen molar-refractivity contribution >= 4 is 29.1 Å². The summed E-state index contributed by atoms with van der Waals surface area (Å²) >= 11 is 11.4. The lowest BCUT2D eigenvalue weighted by molar-refractivity contribution is 0.586. The van der Waals surface area contributed by atoms with Crippen LogP contribution in [-0.2, 0) is 0 Å². The highest BCUT2D eigenvalue weighted by atomic mass is 35.9. The van der Waals surface area contributed by atoms with Crippen molar-refractivity contribution in [2.75, 3.05) is 6.16 Å². The average Bonchev–Trinajstić information content (AvgIpc) is 2.09. The Labute approximate surface area is 93.7 Å². The van der Waals surface area contributed by atoms with Crippen LogP contribution >= 0.6 is 29.1 Å². The van der Waals surface area contributed by atoms with Crippen molar-refractivity contribution in [3.05, 3.63) is 0 Å². The van der Waals surface area contributed by atoms with Gasteiger partial charge in [0, 0.05) is 0 Å². The van der Waals surface area contributed by atoms with Gasteiger partial charge in [-0.1, -0.05) is 74.4 Å². The van der Waals surface area contributed by atoms with Crippen LogP contribution in [0.4, 0.5) is 0 Å². The summed E-state index contributed by atoms with van der Waals surface area (Å²) in [6.45, 7) is 1.57. The minimum Gasteiger partial charge on any atom is -0.0781 e. The largest absolute Gasteiger partial charge is 0.0854 e. The molecule has 0 aliphatic carbocycles. The molecule has 0 aliphatic heterocycles. The standard InChI is InChI=1S/C10H21Cl2P/c1-2-3-4-5-6-7-8-9-10-13(11)12/h2-10H2,1H3. The molecule has 0 fully saturated rings. The van der Waals surface area contributed by atoms with Gasteiger partial charge < -0.3 is 0 Å². The summed E-state index contributed by atoms with van der Waals surface area (Å²) in [5.41, 5.74) is 0. The summed E-state index contributed by atoms with van der Waals surface area (Å²) in [7, 11) is 0. The normalized spacial score (nSPS) is 11.1. The first-order chi connectivity index (χ1) is 6.27. The van der Waals surface area contributed by atoms with Gasteiger partial charge in [0.05, 0.1) is 6.63 Å². The van der Waals surface area contributed by atoms with Crippen molar-refractivity contribution in [2.24, 2.45) is 0 Å². The zero-order valence-electron chi connectivity index (χ0n) is 8.57. The van der Waals surface area contributed by atoms with Crippen LogP contribution in [0.2, 0.25) is 0 Å². The Kier molecular flexibility index (Phi) is 11.9. The van der Waals surface area contributed by atoms with Crippen LogP contribution in [0.3, 0.4) is 0 Å². The summed E-state index contributed by atoms with van der Waals surface area (Å²) in [5, 5.41) is 0. The van der Waals surface area contributed by atoms with E-state index in [9.17, 15) is 0 Å². The summed E-state index contributed by atoms with van der Waals surface area (Å²) < 4.78 is 0. The van der Waals surface area contributed by atoms with Gasteiger partial charge in [0.15, 0.2) is 0 Å². The lowest BCUT2D eigenvalue weighted by Crippen LogP contribution is -1.81. The molecule has 0 atom stereocenters.